The molecule has 10 heteroatoms. The summed E-state index contributed by atoms with van der Waals surface area (Å²) in [5.74, 6) is 1.01. The first-order valence-corrected chi connectivity index (χ1v) is 11.6. The van der Waals surface area contributed by atoms with Gasteiger partial charge in [-0.05, 0) is 18.2 Å². The first-order chi connectivity index (χ1) is 17.1. The van der Waals surface area contributed by atoms with E-state index in [2.05, 4.69) is 20.2 Å². The summed E-state index contributed by atoms with van der Waals surface area (Å²) in [7, 11) is 3.18. The van der Waals surface area contributed by atoms with E-state index in [0.29, 0.717) is 35.6 Å². The van der Waals surface area contributed by atoms with E-state index in [-0.39, 0.29) is 18.2 Å². The van der Waals surface area contributed by atoms with Crippen molar-refractivity contribution in [2.75, 3.05) is 71.7 Å². The van der Waals surface area contributed by atoms with Gasteiger partial charge in [-0.25, -0.2) is 4.98 Å². The number of methoxy groups -OCH3 is 2. The van der Waals surface area contributed by atoms with E-state index < -0.39 is 0 Å². The van der Waals surface area contributed by atoms with Crippen LogP contribution in [0.4, 0.5) is 11.4 Å². The lowest BCUT2D eigenvalue weighted by molar-refractivity contribution is 0.0383. The minimum Gasteiger partial charge on any atom is -0.497 e. The quantitative estimate of drug-likeness (QED) is 0.448. The Morgan fingerprint density at radius 2 is 1.83 bits per heavy atom. The van der Waals surface area contributed by atoms with Crippen molar-refractivity contribution in [2.24, 2.45) is 0 Å². The lowest BCUT2D eigenvalue weighted by Gasteiger charge is -2.26. The van der Waals surface area contributed by atoms with Crippen LogP contribution in [0, 0.1) is 0 Å². The van der Waals surface area contributed by atoms with E-state index in [0.717, 1.165) is 44.2 Å². The number of amides is 1. The Balaban J connectivity index is 1.54. The summed E-state index contributed by atoms with van der Waals surface area (Å²) in [5, 5.41) is 12.6. The van der Waals surface area contributed by atoms with E-state index in [1.54, 1.807) is 20.3 Å². The zero-order valence-electron chi connectivity index (χ0n) is 20.1. The number of aliphatic hydroxyl groups excluding tert-OH is 1. The van der Waals surface area contributed by atoms with Crippen molar-refractivity contribution < 1.29 is 24.1 Å². The maximum atomic E-state index is 12.7. The van der Waals surface area contributed by atoms with Gasteiger partial charge in [-0.2, -0.15) is 0 Å². The summed E-state index contributed by atoms with van der Waals surface area (Å²) in [6, 6.07) is 11.1. The summed E-state index contributed by atoms with van der Waals surface area (Å²) < 4.78 is 16.2. The number of carbonyl (C=O) groups is 1. The molecule has 0 bridgehead atoms. The molecule has 1 aliphatic rings. The molecule has 0 saturated carbocycles. The molecule has 10 nitrogen and oxygen atoms in total. The molecule has 2 aromatic carbocycles. The number of ether oxygens (including phenoxy) is 3. The van der Waals surface area contributed by atoms with Crippen molar-refractivity contribution in [1.29, 1.82) is 0 Å². The molecular weight excluding hydrogens is 450 g/mol. The lowest BCUT2D eigenvalue weighted by Crippen LogP contribution is -2.41. The molecule has 0 unspecified atom stereocenters. The third kappa shape index (κ3) is 6.16. The molecule has 186 valence electrons. The second kappa shape index (κ2) is 11.8. The number of aliphatic hydroxyl groups is 1. The molecule has 4 rings (SSSR count). The minimum atomic E-state index is -0.261. The van der Waals surface area contributed by atoms with Crippen LogP contribution < -0.4 is 19.7 Å². The smallest absolute Gasteiger partial charge is 0.271 e. The average Bonchev–Trinajstić information content (AvgIpc) is 2.91. The number of fused-ring (bicyclic) bond motifs is 1. The highest BCUT2D eigenvalue weighted by molar-refractivity contribution is 5.94. The maximum absolute atomic E-state index is 12.7. The van der Waals surface area contributed by atoms with E-state index in [1.807, 2.05) is 35.2 Å². The van der Waals surface area contributed by atoms with Crippen LogP contribution in [-0.2, 0) is 4.74 Å². The molecule has 0 atom stereocenters. The Morgan fingerprint density at radius 3 is 2.51 bits per heavy atom. The summed E-state index contributed by atoms with van der Waals surface area (Å²) >= 11 is 0. The minimum absolute atomic E-state index is 0.0607. The standard InChI is InChI=1S/C25H31N5O5/c1-33-20-13-19(14-21(16-20)34-2)30(7-10-31)18-3-4-22-23(15-18)28-24(17-27-22)25(32)26-5-6-29-8-11-35-12-9-29/h3-4,13-17,31H,5-12H2,1-2H3,(H,26,32). The van der Waals surface area contributed by atoms with E-state index in [4.69, 9.17) is 14.2 Å². The fraction of sp³-hybridized carbons (Fsp3) is 0.400. The van der Waals surface area contributed by atoms with Crippen molar-refractivity contribution in [3.05, 3.63) is 48.3 Å². The van der Waals surface area contributed by atoms with E-state index >= 15 is 0 Å². The Hall–Kier alpha value is -3.47. The van der Waals surface area contributed by atoms with E-state index in [1.165, 1.54) is 6.20 Å². The molecule has 1 aromatic heterocycles. The molecule has 0 spiro atoms. The Kier molecular flexibility index (Phi) is 8.30. The molecule has 0 aliphatic carbocycles. The normalized spacial score (nSPS) is 14.0. The third-order valence-corrected chi connectivity index (χ3v) is 5.86. The highest BCUT2D eigenvalue weighted by atomic mass is 16.5. The highest BCUT2D eigenvalue weighted by Crippen LogP contribution is 2.33. The molecule has 3 aromatic rings. The zero-order chi connectivity index (χ0) is 24.6. The van der Waals surface area contributed by atoms with Gasteiger partial charge >= 0.3 is 0 Å². The van der Waals surface area contributed by atoms with Crippen molar-refractivity contribution >= 4 is 28.3 Å². The number of nitrogens with one attached hydrogen (secondary N) is 1. The van der Waals surface area contributed by atoms with Gasteiger partial charge in [0.05, 0.1) is 51.3 Å². The number of morpholine rings is 1. The number of nitrogens with zero attached hydrogens (tertiary/aromatic N) is 4. The molecule has 35 heavy (non-hydrogen) atoms. The Bertz CT molecular complexity index is 1130. The first kappa shape index (κ1) is 24.6. The monoisotopic (exact) mass is 481 g/mol. The summed E-state index contributed by atoms with van der Waals surface area (Å²) in [4.78, 5) is 25.8. The Morgan fingerprint density at radius 1 is 1.09 bits per heavy atom. The second-order valence-electron chi connectivity index (χ2n) is 8.08. The van der Waals surface area contributed by atoms with Crippen LogP contribution in [0.3, 0.4) is 0 Å². The molecule has 2 heterocycles. The number of rotatable bonds is 10. The van der Waals surface area contributed by atoms with Crippen molar-refractivity contribution in [3.63, 3.8) is 0 Å². The van der Waals surface area contributed by atoms with Gasteiger partial charge in [0.1, 0.15) is 17.2 Å². The average molecular weight is 482 g/mol. The van der Waals surface area contributed by atoms with Crippen molar-refractivity contribution in [1.82, 2.24) is 20.2 Å². The molecule has 1 aliphatic heterocycles. The number of carbonyl (C=O) groups excluding carboxylic acids is 1. The molecular formula is C25H31N5O5. The van der Waals surface area contributed by atoms with Gasteiger partial charge in [0.25, 0.3) is 5.91 Å². The van der Waals surface area contributed by atoms with Gasteiger partial charge in [0.15, 0.2) is 0 Å². The summed E-state index contributed by atoms with van der Waals surface area (Å²) in [6.07, 6.45) is 1.49. The number of benzene rings is 2. The number of hydrogen-bond donors (Lipinski definition) is 2. The first-order valence-electron chi connectivity index (χ1n) is 11.6. The third-order valence-electron chi connectivity index (χ3n) is 5.86. The Labute approximate surface area is 204 Å². The van der Waals surface area contributed by atoms with Gasteiger partial charge in [0.2, 0.25) is 0 Å². The largest absolute Gasteiger partial charge is 0.497 e. The van der Waals surface area contributed by atoms with Crippen LogP contribution in [-0.4, -0.2) is 92.6 Å². The summed E-state index contributed by atoms with van der Waals surface area (Å²) in [6.45, 7) is 4.77. The molecule has 1 amide bonds. The number of hydrogen-bond acceptors (Lipinski definition) is 9. The van der Waals surface area contributed by atoms with Gasteiger partial charge < -0.3 is 29.5 Å². The predicted octanol–water partition coefficient (Wildman–Crippen LogP) is 1.84. The molecule has 0 radical (unpaired) electrons. The molecule has 1 fully saturated rings. The van der Waals surface area contributed by atoms with E-state index in [9.17, 15) is 9.90 Å². The van der Waals surface area contributed by atoms with Crippen LogP contribution >= 0.6 is 0 Å². The second-order valence-corrected chi connectivity index (χ2v) is 8.08. The molecule has 2 N–H and O–H groups in total. The van der Waals surface area contributed by atoms with Crippen molar-refractivity contribution in [2.45, 2.75) is 0 Å². The highest BCUT2D eigenvalue weighted by Gasteiger charge is 2.15. The molecule has 1 saturated heterocycles. The van der Waals surface area contributed by atoms with Gasteiger partial charge in [-0.3, -0.25) is 14.7 Å². The predicted molar refractivity (Wildman–Crippen MR) is 133 cm³/mol. The number of anilines is 2. The van der Waals surface area contributed by atoms with Crippen LogP contribution in [0.5, 0.6) is 11.5 Å². The van der Waals surface area contributed by atoms with Crippen LogP contribution in [0.15, 0.2) is 42.6 Å². The lowest BCUT2D eigenvalue weighted by atomic mass is 10.2. The number of aromatic nitrogens is 2. The fourth-order valence-electron chi connectivity index (χ4n) is 3.98. The topological polar surface area (TPSA) is 109 Å². The van der Waals surface area contributed by atoms with Gasteiger partial charge in [-0.1, -0.05) is 0 Å². The van der Waals surface area contributed by atoms with Crippen LogP contribution in [0.1, 0.15) is 10.5 Å². The summed E-state index contributed by atoms with van der Waals surface area (Å²) in [5.41, 5.74) is 3.10. The van der Waals surface area contributed by atoms with Gasteiger partial charge in [-0.15, -0.1) is 0 Å². The fourth-order valence-corrected chi connectivity index (χ4v) is 3.98. The SMILES string of the molecule is COc1cc(OC)cc(N(CCO)c2ccc3ncc(C(=O)NCCN4CCOCC4)nc3c2)c1. The van der Waals surface area contributed by atoms with Crippen LogP contribution in [0.2, 0.25) is 0 Å². The van der Waals surface area contributed by atoms with Gasteiger partial charge in [0, 0.05) is 62.3 Å². The zero-order valence-corrected chi connectivity index (χ0v) is 20.1. The van der Waals surface area contributed by atoms with Crippen LogP contribution in [0.25, 0.3) is 11.0 Å². The van der Waals surface area contributed by atoms with Crippen molar-refractivity contribution in [3.8, 4) is 11.5 Å². The maximum Gasteiger partial charge on any atom is 0.271 e.